The highest BCUT2D eigenvalue weighted by molar-refractivity contribution is 7.99. The number of carboxylic acids is 1. The molecule has 1 unspecified atom stereocenters. The average molecular weight is 303 g/mol. The van der Waals surface area contributed by atoms with Crippen molar-refractivity contribution in [1.82, 2.24) is 14.9 Å². The first-order valence-electron chi connectivity index (χ1n) is 6.50. The Morgan fingerprint density at radius 3 is 2.81 bits per heavy atom. The lowest BCUT2D eigenvalue weighted by atomic mass is 10.2. The van der Waals surface area contributed by atoms with Crippen LogP contribution in [-0.4, -0.2) is 55.9 Å². The fraction of sp³-hybridized carbons (Fsp3) is 0.286. The molecule has 2 heterocycles. The number of carbonyl (C=O) groups excluding carboxylic acids is 1. The van der Waals surface area contributed by atoms with Gasteiger partial charge in [0.2, 0.25) is 0 Å². The summed E-state index contributed by atoms with van der Waals surface area (Å²) in [7, 11) is 0. The van der Waals surface area contributed by atoms with Gasteiger partial charge in [0.25, 0.3) is 5.91 Å². The largest absolute Gasteiger partial charge is 0.480 e. The number of fused-ring (bicyclic) bond motifs is 1. The second-order valence-electron chi connectivity index (χ2n) is 4.67. The van der Waals surface area contributed by atoms with E-state index in [1.165, 1.54) is 22.9 Å². The maximum atomic E-state index is 12.5. The normalized spacial score (nSPS) is 18.7. The van der Waals surface area contributed by atoms with Crippen molar-refractivity contribution >= 4 is 34.7 Å². The summed E-state index contributed by atoms with van der Waals surface area (Å²) >= 11 is 1.54. The number of thioether (sulfide) groups is 1. The topological polar surface area (TPSA) is 83.4 Å². The Morgan fingerprint density at radius 2 is 2.05 bits per heavy atom. The molecule has 1 saturated heterocycles. The predicted molar refractivity (Wildman–Crippen MR) is 79.3 cm³/mol. The predicted octanol–water partition coefficient (Wildman–Crippen LogP) is 1.27. The zero-order chi connectivity index (χ0) is 14.8. The summed E-state index contributed by atoms with van der Waals surface area (Å²) in [5.74, 6) is -0.219. The van der Waals surface area contributed by atoms with E-state index >= 15 is 0 Å². The van der Waals surface area contributed by atoms with Crippen LogP contribution in [0.3, 0.4) is 0 Å². The van der Waals surface area contributed by atoms with Gasteiger partial charge >= 0.3 is 5.97 Å². The smallest absolute Gasteiger partial charge is 0.327 e. The zero-order valence-corrected chi connectivity index (χ0v) is 11.9. The van der Waals surface area contributed by atoms with Gasteiger partial charge in [-0.15, -0.1) is 0 Å². The third-order valence-corrected chi connectivity index (χ3v) is 4.36. The van der Waals surface area contributed by atoms with Crippen LogP contribution in [0.5, 0.6) is 0 Å². The summed E-state index contributed by atoms with van der Waals surface area (Å²) in [6, 6.07) is 6.46. The highest BCUT2D eigenvalue weighted by Gasteiger charge is 2.33. The van der Waals surface area contributed by atoms with Gasteiger partial charge in [-0.1, -0.05) is 12.1 Å². The molecule has 21 heavy (non-hydrogen) atoms. The Hall–Kier alpha value is -2.15. The van der Waals surface area contributed by atoms with Crippen LogP contribution >= 0.6 is 11.8 Å². The molecule has 3 rings (SSSR count). The van der Waals surface area contributed by atoms with Crippen LogP contribution < -0.4 is 0 Å². The summed E-state index contributed by atoms with van der Waals surface area (Å²) in [5.41, 5.74) is 1.52. The Bertz CT molecular complexity index is 707. The molecule has 0 aliphatic carbocycles. The van der Waals surface area contributed by atoms with Crippen LogP contribution in [0.15, 0.2) is 30.5 Å². The number of amides is 1. The van der Waals surface area contributed by atoms with Crippen molar-refractivity contribution in [2.45, 2.75) is 6.04 Å². The number of hydrogen-bond acceptors (Lipinski definition) is 5. The van der Waals surface area contributed by atoms with Crippen molar-refractivity contribution in [3.05, 3.63) is 36.2 Å². The Morgan fingerprint density at radius 1 is 1.29 bits per heavy atom. The van der Waals surface area contributed by atoms with Gasteiger partial charge in [0.15, 0.2) is 0 Å². The van der Waals surface area contributed by atoms with Crippen molar-refractivity contribution in [2.75, 3.05) is 18.1 Å². The van der Waals surface area contributed by atoms with E-state index in [2.05, 4.69) is 9.97 Å². The number of carboxylic acid groups (broad SMARTS) is 1. The minimum Gasteiger partial charge on any atom is -0.480 e. The molecule has 1 aliphatic rings. The first-order valence-corrected chi connectivity index (χ1v) is 7.65. The fourth-order valence-electron chi connectivity index (χ4n) is 2.26. The lowest BCUT2D eigenvalue weighted by Crippen LogP contribution is -2.50. The summed E-state index contributed by atoms with van der Waals surface area (Å²) < 4.78 is 0. The third kappa shape index (κ3) is 2.69. The molecule has 0 radical (unpaired) electrons. The zero-order valence-electron chi connectivity index (χ0n) is 11.1. The molecule has 1 N–H and O–H groups in total. The van der Waals surface area contributed by atoms with E-state index in [1.807, 2.05) is 18.2 Å². The number of aromatic nitrogens is 2. The third-order valence-electron chi connectivity index (χ3n) is 3.34. The first kappa shape index (κ1) is 13.8. The van der Waals surface area contributed by atoms with Crippen LogP contribution in [0.2, 0.25) is 0 Å². The van der Waals surface area contributed by atoms with Crippen molar-refractivity contribution < 1.29 is 14.7 Å². The Labute approximate surface area is 125 Å². The molecule has 0 bridgehead atoms. The van der Waals surface area contributed by atoms with Crippen molar-refractivity contribution in [2.24, 2.45) is 0 Å². The van der Waals surface area contributed by atoms with Gasteiger partial charge < -0.3 is 10.0 Å². The highest BCUT2D eigenvalue weighted by atomic mass is 32.2. The quantitative estimate of drug-likeness (QED) is 0.899. The lowest BCUT2D eigenvalue weighted by Gasteiger charge is -2.32. The molecule has 1 fully saturated rings. The van der Waals surface area contributed by atoms with Gasteiger partial charge in [0.05, 0.1) is 17.2 Å². The number of para-hydroxylation sites is 2. The van der Waals surface area contributed by atoms with Gasteiger partial charge in [0, 0.05) is 18.1 Å². The van der Waals surface area contributed by atoms with Crippen LogP contribution in [-0.2, 0) is 4.79 Å². The summed E-state index contributed by atoms with van der Waals surface area (Å²) in [5, 5.41) is 9.23. The van der Waals surface area contributed by atoms with Gasteiger partial charge in [-0.25, -0.2) is 9.78 Å². The van der Waals surface area contributed by atoms with E-state index in [9.17, 15) is 14.7 Å². The van der Waals surface area contributed by atoms with Crippen molar-refractivity contribution in [3.63, 3.8) is 0 Å². The summed E-state index contributed by atoms with van der Waals surface area (Å²) in [6.45, 7) is 0.412. The monoisotopic (exact) mass is 303 g/mol. The second kappa shape index (κ2) is 5.69. The minimum absolute atomic E-state index is 0.187. The van der Waals surface area contributed by atoms with Crippen LogP contribution in [0, 0.1) is 0 Å². The number of benzene rings is 1. The number of aliphatic carboxylic acids is 1. The first-order chi connectivity index (χ1) is 10.2. The lowest BCUT2D eigenvalue weighted by molar-refractivity contribution is -0.141. The number of rotatable bonds is 2. The molecular weight excluding hydrogens is 290 g/mol. The van der Waals surface area contributed by atoms with Gasteiger partial charge in [-0.2, -0.15) is 11.8 Å². The van der Waals surface area contributed by atoms with Gasteiger partial charge in [-0.05, 0) is 12.1 Å². The SMILES string of the molecule is O=C(O)C1CSCCN1C(=O)c1cnc2ccccc2n1. The van der Waals surface area contributed by atoms with E-state index in [0.717, 1.165) is 5.75 Å². The second-order valence-corrected chi connectivity index (χ2v) is 5.82. The van der Waals surface area contributed by atoms with Crippen molar-refractivity contribution in [1.29, 1.82) is 0 Å². The molecule has 0 saturated carbocycles. The molecule has 7 heteroatoms. The highest BCUT2D eigenvalue weighted by Crippen LogP contribution is 2.19. The molecule has 6 nitrogen and oxygen atoms in total. The van der Waals surface area contributed by atoms with Crippen LogP contribution in [0.25, 0.3) is 11.0 Å². The molecule has 1 aromatic carbocycles. The molecule has 1 atom stereocenters. The number of hydrogen-bond donors (Lipinski definition) is 1. The maximum Gasteiger partial charge on any atom is 0.327 e. The van der Waals surface area contributed by atoms with E-state index in [4.69, 9.17) is 0 Å². The molecule has 2 aromatic rings. The van der Waals surface area contributed by atoms with Crippen LogP contribution in [0.4, 0.5) is 0 Å². The van der Waals surface area contributed by atoms with E-state index in [-0.39, 0.29) is 11.6 Å². The molecule has 1 aliphatic heterocycles. The Kier molecular flexibility index (Phi) is 3.74. The standard InChI is InChI=1S/C14H13N3O3S/c18-13(17-5-6-21-8-12(17)14(19)20)11-7-15-9-3-1-2-4-10(9)16-11/h1-4,7,12H,5-6,8H2,(H,19,20). The van der Waals surface area contributed by atoms with Gasteiger partial charge in [0.1, 0.15) is 11.7 Å². The summed E-state index contributed by atoms with van der Waals surface area (Å²) in [4.78, 5) is 33.6. The van der Waals surface area contributed by atoms with Crippen molar-refractivity contribution in [3.8, 4) is 0 Å². The Balaban J connectivity index is 1.93. The van der Waals surface area contributed by atoms with Gasteiger partial charge in [-0.3, -0.25) is 9.78 Å². The molecule has 0 spiro atoms. The maximum absolute atomic E-state index is 12.5. The van der Waals surface area contributed by atoms with E-state index in [1.54, 1.807) is 6.07 Å². The fourth-order valence-corrected chi connectivity index (χ4v) is 3.30. The average Bonchev–Trinajstić information content (AvgIpc) is 2.53. The summed E-state index contributed by atoms with van der Waals surface area (Å²) in [6.07, 6.45) is 1.41. The minimum atomic E-state index is -0.982. The molecule has 108 valence electrons. The van der Waals surface area contributed by atoms with Crippen LogP contribution in [0.1, 0.15) is 10.5 Å². The molecule has 1 amide bonds. The van der Waals surface area contributed by atoms with E-state index < -0.39 is 12.0 Å². The van der Waals surface area contributed by atoms with E-state index in [0.29, 0.717) is 23.3 Å². The number of carbonyl (C=O) groups is 2. The number of nitrogens with zero attached hydrogens (tertiary/aromatic N) is 3. The molecule has 1 aromatic heterocycles. The molecular formula is C14H13N3O3S.